The van der Waals surface area contributed by atoms with Crippen LogP contribution >= 0.6 is 23.4 Å². The first-order chi connectivity index (χ1) is 13.1. The number of ether oxygens (including phenoxy) is 1. The summed E-state index contributed by atoms with van der Waals surface area (Å²) in [6, 6.07) is 6.08. The highest BCUT2D eigenvalue weighted by atomic mass is 35.5. The van der Waals surface area contributed by atoms with Crippen LogP contribution in [0, 0.1) is 5.82 Å². The highest BCUT2D eigenvalue weighted by Gasteiger charge is 2.14. The lowest BCUT2D eigenvalue weighted by Crippen LogP contribution is -2.02. The van der Waals surface area contributed by atoms with Crippen molar-refractivity contribution in [2.24, 2.45) is 0 Å². The second-order valence-corrected chi connectivity index (χ2v) is 6.22. The highest BCUT2D eigenvalue weighted by molar-refractivity contribution is 7.98. The number of halogens is 2. The maximum atomic E-state index is 14.1. The molecule has 142 valence electrons. The fraction of sp³-hybridized carbons (Fsp3) is 0.211. The van der Waals surface area contributed by atoms with E-state index in [4.69, 9.17) is 16.3 Å². The lowest BCUT2D eigenvalue weighted by molar-refractivity contribution is 0.413. The molecule has 2 aromatic heterocycles. The minimum Gasteiger partial charge on any atom is -0.491 e. The van der Waals surface area contributed by atoms with Crippen molar-refractivity contribution in [3.05, 3.63) is 53.7 Å². The van der Waals surface area contributed by atoms with Crippen LogP contribution < -0.4 is 10.1 Å². The molecule has 1 aromatic carbocycles. The van der Waals surface area contributed by atoms with Gasteiger partial charge in [0.1, 0.15) is 5.82 Å². The van der Waals surface area contributed by atoms with Gasteiger partial charge < -0.3 is 10.1 Å². The third-order valence-corrected chi connectivity index (χ3v) is 4.40. The van der Waals surface area contributed by atoms with Crippen LogP contribution in [0.1, 0.15) is 13.8 Å². The molecule has 3 rings (SSSR count). The highest BCUT2D eigenvalue weighted by Crippen LogP contribution is 2.32. The van der Waals surface area contributed by atoms with Crippen LogP contribution in [0.15, 0.2) is 47.8 Å². The average molecular weight is 407 g/mol. The largest absolute Gasteiger partial charge is 0.491 e. The topological polar surface area (TPSA) is 59.9 Å². The van der Waals surface area contributed by atoms with Gasteiger partial charge in [-0.2, -0.15) is 0 Å². The predicted octanol–water partition coefficient (Wildman–Crippen LogP) is 5.83. The van der Waals surface area contributed by atoms with Gasteiger partial charge in [0, 0.05) is 22.3 Å². The number of nitrogens with zero attached hydrogens (tertiary/aromatic N) is 3. The second-order valence-electron chi connectivity index (χ2n) is 4.94. The molecule has 0 aliphatic carbocycles. The number of nitrogens with one attached hydrogen (secondary N) is 1. The number of methoxy groups -OCH3 is 1. The van der Waals surface area contributed by atoms with Crippen LogP contribution in [0.3, 0.4) is 0 Å². The molecule has 3 aromatic rings. The van der Waals surface area contributed by atoms with Crippen LogP contribution in [0.4, 0.5) is 15.9 Å². The van der Waals surface area contributed by atoms with Crippen LogP contribution in [0.5, 0.6) is 5.75 Å². The summed E-state index contributed by atoms with van der Waals surface area (Å²) in [5.41, 5.74) is 1.04. The fourth-order valence-corrected chi connectivity index (χ4v) is 2.86. The van der Waals surface area contributed by atoms with E-state index in [9.17, 15) is 4.39 Å². The number of aromatic nitrogens is 3. The third-order valence-electron chi connectivity index (χ3n) is 3.40. The Labute approximate surface area is 167 Å². The molecule has 2 heterocycles. The molecule has 5 nitrogen and oxygen atoms in total. The van der Waals surface area contributed by atoms with E-state index in [0.717, 1.165) is 10.6 Å². The van der Waals surface area contributed by atoms with E-state index in [1.807, 2.05) is 26.2 Å². The van der Waals surface area contributed by atoms with E-state index >= 15 is 0 Å². The van der Waals surface area contributed by atoms with Gasteiger partial charge in [-0.05, 0) is 30.5 Å². The average Bonchev–Trinajstić information content (AvgIpc) is 2.71. The zero-order chi connectivity index (χ0) is 19.8. The predicted molar refractivity (Wildman–Crippen MR) is 110 cm³/mol. The SMILES string of the molecule is CC.COc1cnc(-c2cc(Cl)ccc2F)nc1Nc1ccncc1SC. The number of hydrogen-bond donors (Lipinski definition) is 1. The Bertz CT molecular complexity index is 911. The van der Waals surface area contributed by atoms with Crippen molar-refractivity contribution >= 4 is 34.9 Å². The first-order valence-corrected chi connectivity index (χ1v) is 9.84. The van der Waals surface area contributed by atoms with Crippen molar-refractivity contribution in [3.8, 4) is 17.1 Å². The summed E-state index contributed by atoms with van der Waals surface area (Å²) in [4.78, 5) is 13.6. The van der Waals surface area contributed by atoms with Crippen LogP contribution in [-0.4, -0.2) is 28.3 Å². The van der Waals surface area contributed by atoms with Crippen molar-refractivity contribution in [2.75, 3.05) is 18.7 Å². The Morgan fingerprint density at radius 1 is 1.19 bits per heavy atom. The van der Waals surface area contributed by atoms with Crippen molar-refractivity contribution in [1.82, 2.24) is 15.0 Å². The fourth-order valence-electron chi connectivity index (χ4n) is 2.18. The third kappa shape index (κ3) is 5.08. The van der Waals surface area contributed by atoms with Gasteiger partial charge >= 0.3 is 0 Å². The van der Waals surface area contributed by atoms with Crippen LogP contribution in [0.2, 0.25) is 5.02 Å². The first-order valence-electron chi connectivity index (χ1n) is 8.24. The molecule has 27 heavy (non-hydrogen) atoms. The maximum absolute atomic E-state index is 14.1. The molecule has 0 amide bonds. The number of benzene rings is 1. The molecular weight excluding hydrogens is 387 g/mol. The van der Waals surface area contributed by atoms with Gasteiger partial charge in [-0.3, -0.25) is 4.98 Å². The molecule has 0 bridgehead atoms. The lowest BCUT2D eigenvalue weighted by atomic mass is 10.2. The smallest absolute Gasteiger partial charge is 0.179 e. The molecular formula is C19H20ClFN4OS. The summed E-state index contributed by atoms with van der Waals surface area (Å²) in [5.74, 6) is 0.626. The summed E-state index contributed by atoms with van der Waals surface area (Å²) < 4.78 is 19.4. The van der Waals surface area contributed by atoms with Crippen molar-refractivity contribution in [1.29, 1.82) is 0 Å². The first kappa shape index (κ1) is 20.9. The van der Waals surface area contributed by atoms with E-state index in [1.54, 1.807) is 24.2 Å². The zero-order valence-electron chi connectivity index (χ0n) is 15.5. The Balaban J connectivity index is 0.00000126. The molecule has 0 radical (unpaired) electrons. The molecule has 0 fully saturated rings. The number of pyridine rings is 1. The summed E-state index contributed by atoms with van der Waals surface area (Å²) >= 11 is 7.51. The quantitative estimate of drug-likeness (QED) is 0.538. The minimum absolute atomic E-state index is 0.211. The van der Waals surface area contributed by atoms with E-state index in [-0.39, 0.29) is 11.4 Å². The van der Waals surface area contributed by atoms with Gasteiger partial charge in [0.15, 0.2) is 17.4 Å². The van der Waals surface area contributed by atoms with E-state index in [2.05, 4.69) is 20.3 Å². The molecule has 0 spiro atoms. The molecule has 0 saturated carbocycles. The molecule has 0 unspecified atom stereocenters. The number of rotatable bonds is 5. The Morgan fingerprint density at radius 3 is 2.67 bits per heavy atom. The van der Waals surface area contributed by atoms with Gasteiger partial charge in [-0.15, -0.1) is 11.8 Å². The van der Waals surface area contributed by atoms with E-state index in [1.165, 1.54) is 31.5 Å². The van der Waals surface area contributed by atoms with Gasteiger partial charge in [0.25, 0.3) is 0 Å². The summed E-state index contributed by atoms with van der Waals surface area (Å²) in [6.45, 7) is 4.00. The van der Waals surface area contributed by atoms with E-state index in [0.29, 0.717) is 16.6 Å². The van der Waals surface area contributed by atoms with Crippen molar-refractivity contribution < 1.29 is 9.13 Å². The molecule has 8 heteroatoms. The van der Waals surface area contributed by atoms with Gasteiger partial charge in [-0.1, -0.05) is 25.4 Å². The molecule has 0 aliphatic heterocycles. The molecule has 0 saturated heterocycles. The normalized spacial score (nSPS) is 10.0. The van der Waals surface area contributed by atoms with Crippen LogP contribution in [0.25, 0.3) is 11.4 Å². The summed E-state index contributed by atoms with van der Waals surface area (Å²) in [6.07, 6.45) is 6.86. The molecule has 1 N–H and O–H groups in total. The van der Waals surface area contributed by atoms with Crippen LogP contribution in [-0.2, 0) is 0 Å². The van der Waals surface area contributed by atoms with Crippen molar-refractivity contribution in [3.63, 3.8) is 0 Å². The Morgan fingerprint density at radius 2 is 1.96 bits per heavy atom. The zero-order valence-corrected chi connectivity index (χ0v) is 17.0. The summed E-state index contributed by atoms with van der Waals surface area (Å²) in [7, 11) is 1.52. The van der Waals surface area contributed by atoms with E-state index < -0.39 is 5.82 Å². The minimum atomic E-state index is -0.450. The number of thioether (sulfide) groups is 1. The standard InChI is InChI=1S/C17H14ClFN4OS.C2H6/c1-24-14-8-21-16(11-7-10(18)3-4-12(11)19)23-17(14)22-13-5-6-20-9-15(13)25-2;1-2/h3-9H,1-2H3,(H,20,21,22,23);1-2H3. The van der Waals surface area contributed by atoms with Gasteiger partial charge in [0.2, 0.25) is 0 Å². The maximum Gasteiger partial charge on any atom is 0.179 e. The Hall–Kier alpha value is -2.38. The van der Waals surface area contributed by atoms with Gasteiger partial charge in [-0.25, -0.2) is 14.4 Å². The molecule has 0 aliphatic rings. The second kappa shape index (κ2) is 10.1. The molecule has 0 atom stereocenters. The van der Waals surface area contributed by atoms with Gasteiger partial charge in [0.05, 0.1) is 24.6 Å². The monoisotopic (exact) mass is 406 g/mol. The Kier molecular flexibility index (Phi) is 7.82. The van der Waals surface area contributed by atoms with Crippen molar-refractivity contribution in [2.45, 2.75) is 18.7 Å². The summed E-state index contributed by atoms with van der Waals surface area (Å²) in [5, 5.41) is 3.60. The number of anilines is 2. The lowest BCUT2D eigenvalue weighted by Gasteiger charge is -2.13. The number of hydrogen-bond acceptors (Lipinski definition) is 6.